The fourth-order valence-corrected chi connectivity index (χ4v) is 0.663. The maximum Gasteiger partial charge on any atom is 0.204 e. The maximum atomic E-state index is 8.58. The minimum absolute atomic E-state index is 0.250. The van der Waals surface area contributed by atoms with Crippen LogP contribution < -0.4 is 5.73 Å². The van der Waals surface area contributed by atoms with Crippen LogP contribution in [0.2, 0.25) is 0 Å². The second-order valence-electron chi connectivity index (χ2n) is 2.22. The first kappa shape index (κ1) is 14.2. The molecule has 1 aromatic carbocycles. The lowest BCUT2D eigenvalue weighted by Crippen LogP contribution is -1.82. The number of carbonyl (C=O) groups excluding carboxylic acids is 1. The Bertz CT molecular complexity index is 200. The van der Waals surface area contributed by atoms with E-state index in [1.54, 1.807) is 0 Å². The molecule has 0 heterocycles. The Hall–Kier alpha value is -1.31. The van der Waals surface area contributed by atoms with E-state index in [2.05, 4.69) is 43.8 Å². The predicted octanol–water partition coefficient (Wildman–Crippen LogP) is 2.43. The molecule has 2 N–H and O–H groups in total. The summed E-state index contributed by atoms with van der Waals surface area (Å²) in [4.78, 5) is 8.58. The summed E-state index contributed by atoms with van der Waals surface area (Å²) in [5.74, 6) is 0. The number of hydrogen-bond donors (Lipinski definition) is 1. The fraction of sp³-hybridized carbons (Fsp3) is 0.364. The lowest BCUT2D eigenvalue weighted by Gasteiger charge is -1.93. The molecule has 1 aromatic rings. The van der Waals surface area contributed by atoms with E-state index in [1.807, 2.05) is 13.8 Å². The molecular formula is C11H19NO. The molecule has 1 rings (SSSR count). The number of nitrogens with two attached hydrogens (primary N) is 1. The molecule has 0 saturated carbocycles. The van der Waals surface area contributed by atoms with Crippen LogP contribution in [0.5, 0.6) is 0 Å². The first-order chi connectivity index (χ1) is 6.22. The van der Waals surface area contributed by atoms with Crippen molar-refractivity contribution in [3.8, 4) is 0 Å². The first-order valence-electron chi connectivity index (χ1n) is 4.40. The van der Waals surface area contributed by atoms with Crippen LogP contribution in [-0.4, -0.2) is 6.41 Å². The summed E-state index contributed by atoms with van der Waals surface area (Å²) in [7, 11) is 0. The standard InChI is InChI=1S/C8H10.C2H6.CH3NO/c1-7-5-3-4-6-8(7)2;1-2;2-1-3/h3-6H,1-2H3;1-2H3;1H,(H2,2,3). The highest BCUT2D eigenvalue weighted by Gasteiger charge is 1.83. The second-order valence-corrected chi connectivity index (χ2v) is 2.22. The number of benzene rings is 1. The summed E-state index contributed by atoms with van der Waals surface area (Å²) in [5, 5.41) is 0. The third-order valence-electron chi connectivity index (χ3n) is 1.43. The second kappa shape index (κ2) is 10.7. The van der Waals surface area contributed by atoms with E-state index < -0.39 is 0 Å². The zero-order chi connectivity index (χ0) is 10.7. The summed E-state index contributed by atoms with van der Waals surface area (Å²) >= 11 is 0. The van der Waals surface area contributed by atoms with Crippen molar-refractivity contribution >= 4 is 6.41 Å². The van der Waals surface area contributed by atoms with Crippen molar-refractivity contribution in [3.63, 3.8) is 0 Å². The van der Waals surface area contributed by atoms with Crippen molar-refractivity contribution in [2.45, 2.75) is 27.7 Å². The van der Waals surface area contributed by atoms with Gasteiger partial charge < -0.3 is 5.73 Å². The Morgan fingerprint density at radius 2 is 1.31 bits per heavy atom. The maximum absolute atomic E-state index is 8.58. The van der Waals surface area contributed by atoms with Crippen LogP contribution >= 0.6 is 0 Å². The van der Waals surface area contributed by atoms with Gasteiger partial charge in [0.25, 0.3) is 0 Å². The van der Waals surface area contributed by atoms with Crippen LogP contribution in [0.4, 0.5) is 0 Å². The third kappa shape index (κ3) is 8.60. The topological polar surface area (TPSA) is 43.1 Å². The van der Waals surface area contributed by atoms with E-state index >= 15 is 0 Å². The quantitative estimate of drug-likeness (QED) is 0.614. The van der Waals surface area contributed by atoms with Crippen LogP contribution in [0.15, 0.2) is 24.3 Å². The fourth-order valence-electron chi connectivity index (χ4n) is 0.663. The van der Waals surface area contributed by atoms with Crippen molar-refractivity contribution in [3.05, 3.63) is 35.4 Å². The number of aryl methyl sites for hydroxylation is 2. The van der Waals surface area contributed by atoms with Gasteiger partial charge in [-0.05, 0) is 25.0 Å². The van der Waals surface area contributed by atoms with Crippen LogP contribution in [0.1, 0.15) is 25.0 Å². The van der Waals surface area contributed by atoms with Gasteiger partial charge in [-0.3, -0.25) is 4.79 Å². The van der Waals surface area contributed by atoms with Crippen molar-refractivity contribution in [1.82, 2.24) is 0 Å². The Morgan fingerprint density at radius 3 is 1.46 bits per heavy atom. The zero-order valence-electron chi connectivity index (χ0n) is 8.87. The first-order valence-corrected chi connectivity index (χ1v) is 4.40. The van der Waals surface area contributed by atoms with Gasteiger partial charge in [0.15, 0.2) is 0 Å². The van der Waals surface area contributed by atoms with Crippen molar-refractivity contribution in [1.29, 1.82) is 0 Å². The molecule has 0 spiro atoms. The summed E-state index contributed by atoms with van der Waals surface area (Å²) in [5.41, 5.74) is 6.90. The van der Waals surface area contributed by atoms with Gasteiger partial charge in [-0.1, -0.05) is 38.1 Å². The molecule has 2 heteroatoms. The van der Waals surface area contributed by atoms with Crippen LogP contribution in [0.25, 0.3) is 0 Å². The van der Waals surface area contributed by atoms with Gasteiger partial charge in [-0.25, -0.2) is 0 Å². The summed E-state index contributed by atoms with van der Waals surface area (Å²) < 4.78 is 0. The van der Waals surface area contributed by atoms with Crippen molar-refractivity contribution in [2.24, 2.45) is 5.73 Å². The average molecular weight is 181 g/mol. The Labute approximate surface area is 80.8 Å². The van der Waals surface area contributed by atoms with Crippen molar-refractivity contribution < 1.29 is 4.79 Å². The Kier molecular flexibility index (Phi) is 11.7. The largest absolute Gasteiger partial charge is 0.372 e. The molecule has 0 aliphatic rings. The molecule has 13 heavy (non-hydrogen) atoms. The number of rotatable bonds is 0. The van der Waals surface area contributed by atoms with E-state index in [-0.39, 0.29) is 6.41 Å². The van der Waals surface area contributed by atoms with E-state index in [0.717, 1.165) is 0 Å². The lowest BCUT2D eigenvalue weighted by molar-refractivity contribution is -0.106. The molecule has 0 atom stereocenters. The van der Waals surface area contributed by atoms with Gasteiger partial charge in [0.1, 0.15) is 0 Å². The number of amides is 1. The summed E-state index contributed by atoms with van der Waals surface area (Å²) in [6, 6.07) is 8.36. The molecule has 0 aliphatic carbocycles. The highest BCUT2D eigenvalue weighted by atomic mass is 16.1. The van der Waals surface area contributed by atoms with E-state index in [4.69, 9.17) is 4.79 Å². The number of primary amides is 1. The molecule has 0 bridgehead atoms. The van der Waals surface area contributed by atoms with Gasteiger partial charge in [0, 0.05) is 0 Å². The molecule has 0 radical (unpaired) electrons. The highest BCUT2D eigenvalue weighted by molar-refractivity contribution is 5.42. The Morgan fingerprint density at radius 1 is 1.08 bits per heavy atom. The molecule has 0 fully saturated rings. The van der Waals surface area contributed by atoms with Crippen LogP contribution in [0, 0.1) is 13.8 Å². The monoisotopic (exact) mass is 181 g/mol. The van der Waals surface area contributed by atoms with Gasteiger partial charge >= 0.3 is 0 Å². The molecule has 0 aliphatic heterocycles. The minimum Gasteiger partial charge on any atom is -0.372 e. The van der Waals surface area contributed by atoms with E-state index in [1.165, 1.54) is 11.1 Å². The molecule has 1 amide bonds. The molecule has 2 nitrogen and oxygen atoms in total. The SMILES string of the molecule is CC.Cc1ccccc1C.NC=O. The molecule has 0 aromatic heterocycles. The average Bonchev–Trinajstić information content (AvgIpc) is 2.15. The van der Waals surface area contributed by atoms with Crippen LogP contribution in [0.3, 0.4) is 0 Å². The van der Waals surface area contributed by atoms with Gasteiger partial charge in [0.2, 0.25) is 6.41 Å². The zero-order valence-corrected chi connectivity index (χ0v) is 8.87. The van der Waals surface area contributed by atoms with Crippen molar-refractivity contribution in [2.75, 3.05) is 0 Å². The molecule has 0 saturated heterocycles. The lowest BCUT2D eigenvalue weighted by atomic mass is 10.1. The number of hydrogen-bond acceptors (Lipinski definition) is 1. The number of carbonyl (C=O) groups is 1. The van der Waals surface area contributed by atoms with E-state index in [0.29, 0.717) is 0 Å². The normalized spacial score (nSPS) is 7.08. The minimum atomic E-state index is 0.250. The molecular weight excluding hydrogens is 162 g/mol. The smallest absolute Gasteiger partial charge is 0.204 e. The van der Waals surface area contributed by atoms with Gasteiger partial charge in [0.05, 0.1) is 0 Å². The summed E-state index contributed by atoms with van der Waals surface area (Å²) in [6.07, 6.45) is 0.250. The van der Waals surface area contributed by atoms with Gasteiger partial charge in [-0.2, -0.15) is 0 Å². The molecule has 0 unspecified atom stereocenters. The van der Waals surface area contributed by atoms with E-state index in [9.17, 15) is 0 Å². The Balaban J connectivity index is 0. The van der Waals surface area contributed by atoms with Crippen LogP contribution in [-0.2, 0) is 4.79 Å². The van der Waals surface area contributed by atoms with Gasteiger partial charge in [-0.15, -0.1) is 0 Å². The third-order valence-corrected chi connectivity index (χ3v) is 1.43. The highest BCUT2D eigenvalue weighted by Crippen LogP contribution is 2.02. The predicted molar refractivity (Wildman–Crippen MR) is 57.5 cm³/mol. The summed E-state index contributed by atoms with van der Waals surface area (Å²) in [6.45, 7) is 8.24. The molecule has 74 valence electrons.